The lowest BCUT2D eigenvalue weighted by Crippen LogP contribution is -2.33. The van der Waals surface area contributed by atoms with Gasteiger partial charge in [0.15, 0.2) is 0 Å². The van der Waals surface area contributed by atoms with Gasteiger partial charge in [0.25, 0.3) is 0 Å². The van der Waals surface area contributed by atoms with Crippen molar-refractivity contribution in [2.75, 3.05) is 11.9 Å². The van der Waals surface area contributed by atoms with Crippen LogP contribution in [-0.2, 0) is 0 Å². The van der Waals surface area contributed by atoms with Crippen molar-refractivity contribution in [2.24, 2.45) is 5.92 Å². The predicted molar refractivity (Wildman–Crippen MR) is 75.2 cm³/mol. The summed E-state index contributed by atoms with van der Waals surface area (Å²) in [6.45, 7) is 0.219. The first-order valence-corrected chi connectivity index (χ1v) is 7.22. The Bertz CT molecular complexity index is 350. The molecule has 1 unspecified atom stereocenters. The molecular weight excluding hydrogens is 278 g/mol. The molecule has 2 nitrogen and oxygen atoms in total. The van der Waals surface area contributed by atoms with Crippen LogP contribution in [0.3, 0.4) is 0 Å². The minimum Gasteiger partial charge on any atom is -0.394 e. The van der Waals surface area contributed by atoms with Crippen LogP contribution in [0.2, 0.25) is 0 Å². The van der Waals surface area contributed by atoms with Gasteiger partial charge in [-0.25, -0.2) is 0 Å². The minimum absolute atomic E-state index is 0.199. The molecule has 1 saturated carbocycles. The van der Waals surface area contributed by atoms with E-state index in [1.54, 1.807) is 0 Å². The van der Waals surface area contributed by atoms with E-state index in [0.717, 1.165) is 10.2 Å². The van der Waals surface area contributed by atoms with Crippen molar-refractivity contribution in [1.29, 1.82) is 0 Å². The topological polar surface area (TPSA) is 32.3 Å². The molecule has 0 amide bonds. The molecule has 0 bridgehead atoms. The van der Waals surface area contributed by atoms with Crippen LogP contribution in [0.25, 0.3) is 0 Å². The van der Waals surface area contributed by atoms with E-state index < -0.39 is 0 Å². The molecule has 1 aromatic carbocycles. The zero-order valence-electron chi connectivity index (χ0n) is 10.0. The highest BCUT2D eigenvalue weighted by atomic mass is 79.9. The van der Waals surface area contributed by atoms with E-state index in [1.807, 2.05) is 12.1 Å². The van der Waals surface area contributed by atoms with Crippen LogP contribution >= 0.6 is 15.9 Å². The van der Waals surface area contributed by atoms with Crippen molar-refractivity contribution >= 4 is 21.6 Å². The Kier molecular flexibility index (Phi) is 4.86. The summed E-state index contributed by atoms with van der Waals surface area (Å²) in [7, 11) is 0. The van der Waals surface area contributed by atoms with Crippen molar-refractivity contribution in [3.8, 4) is 0 Å². The Morgan fingerprint density at radius 1 is 1.29 bits per heavy atom. The van der Waals surface area contributed by atoms with Crippen molar-refractivity contribution in [2.45, 2.75) is 38.1 Å². The van der Waals surface area contributed by atoms with Gasteiger partial charge in [0.05, 0.1) is 12.6 Å². The zero-order valence-corrected chi connectivity index (χ0v) is 11.6. The zero-order chi connectivity index (χ0) is 12.1. The van der Waals surface area contributed by atoms with E-state index in [4.69, 9.17) is 0 Å². The quantitative estimate of drug-likeness (QED) is 0.886. The normalized spacial score (nSPS) is 18.9. The van der Waals surface area contributed by atoms with Gasteiger partial charge < -0.3 is 10.4 Å². The van der Waals surface area contributed by atoms with Crippen LogP contribution in [-0.4, -0.2) is 17.8 Å². The SMILES string of the molecule is OCC(Nc1cccc(Br)c1)C1CCCCC1. The lowest BCUT2D eigenvalue weighted by molar-refractivity contribution is 0.209. The third-order valence-electron chi connectivity index (χ3n) is 3.59. The largest absolute Gasteiger partial charge is 0.394 e. The average Bonchev–Trinajstić information content (AvgIpc) is 2.37. The van der Waals surface area contributed by atoms with Gasteiger partial charge in [-0.1, -0.05) is 41.3 Å². The number of anilines is 1. The number of hydrogen-bond acceptors (Lipinski definition) is 2. The van der Waals surface area contributed by atoms with E-state index in [0.29, 0.717) is 5.92 Å². The monoisotopic (exact) mass is 297 g/mol. The standard InChI is InChI=1S/C14H20BrNO/c15-12-7-4-8-13(9-12)16-14(10-17)11-5-2-1-3-6-11/h4,7-9,11,14,16-17H,1-3,5-6,10H2. The van der Waals surface area contributed by atoms with Crippen molar-refractivity contribution in [3.63, 3.8) is 0 Å². The van der Waals surface area contributed by atoms with Crippen LogP contribution in [0.4, 0.5) is 5.69 Å². The van der Waals surface area contributed by atoms with E-state index in [2.05, 4.69) is 33.4 Å². The summed E-state index contributed by atoms with van der Waals surface area (Å²) < 4.78 is 1.07. The fourth-order valence-electron chi connectivity index (χ4n) is 2.64. The molecule has 1 atom stereocenters. The number of benzene rings is 1. The number of nitrogens with one attached hydrogen (secondary N) is 1. The molecule has 3 heteroatoms. The highest BCUT2D eigenvalue weighted by Crippen LogP contribution is 2.28. The Labute approximate surface area is 112 Å². The van der Waals surface area contributed by atoms with Crippen LogP contribution in [0, 0.1) is 5.92 Å². The Morgan fingerprint density at radius 2 is 2.06 bits per heavy atom. The number of hydrogen-bond donors (Lipinski definition) is 2. The Morgan fingerprint density at radius 3 is 2.71 bits per heavy atom. The van der Waals surface area contributed by atoms with Gasteiger partial charge in [-0.05, 0) is 37.0 Å². The van der Waals surface area contributed by atoms with Gasteiger partial charge >= 0.3 is 0 Å². The lowest BCUT2D eigenvalue weighted by atomic mass is 9.84. The van der Waals surface area contributed by atoms with Gasteiger partial charge in [-0.3, -0.25) is 0 Å². The molecule has 0 spiro atoms. The maximum atomic E-state index is 9.53. The molecule has 0 heterocycles. The molecule has 17 heavy (non-hydrogen) atoms. The highest BCUT2D eigenvalue weighted by molar-refractivity contribution is 9.10. The highest BCUT2D eigenvalue weighted by Gasteiger charge is 2.22. The van der Waals surface area contributed by atoms with E-state index in [-0.39, 0.29) is 12.6 Å². The fraction of sp³-hybridized carbons (Fsp3) is 0.571. The molecule has 0 radical (unpaired) electrons. The molecule has 0 saturated heterocycles. The molecule has 1 aliphatic rings. The summed E-state index contributed by atoms with van der Waals surface area (Å²) in [5.74, 6) is 0.618. The average molecular weight is 298 g/mol. The number of halogens is 1. The molecule has 94 valence electrons. The second-order valence-corrected chi connectivity index (χ2v) is 5.76. The number of aliphatic hydroxyl groups excluding tert-OH is 1. The van der Waals surface area contributed by atoms with Crippen LogP contribution in [0.5, 0.6) is 0 Å². The minimum atomic E-state index is 0.199. The van der Waals surface area contributed by atoms with Crippen LogP contribution < -0.4 is 5.32 Å². The molecule has 1 fully saturated rings. The summed E-state index contributed by atoms with van der Waals surface area (Å²) in [5, 5.41) is 13.0. The van der Waals surface area contributed by atoms with Gasteiger partial charge in [0, 0.05) is 10.2 Å². The molecule has 2 N–H and O–H groups in total. The second-order valence-electron chi connectivity index (χ2n) is 4.84. The maximum absolute atomic E-state index is 9.53. The lowest BCUT2D eigenvalue weighted by Gasteiger charge is -2.30. The third kappa shape index (κ3) is 3.71. The first kappa shape index (κ1) is 12.9. The van der Waals surface area contributed by atoms with Crippen molar-refractivity contribution < 1.29 is 5.11 Å². The van der Waals surface area contributed by atoms with Gasteiger partial charge in [0.2, 0.25) is 0 Å². The molecule has 0 aliphatic heterocycles. The van der Waals surface area contributed by atoms with Crippen molar-refractivity contribution in [3.05, 3.63) is 28.7 Å². The molecule has 0 aromatic heterocycles. The third-order valence-corrected chi connectivity index (χ3v) is 4.09. The van der Waals surface area contributed by atoms with E-state index in [1.165, 1.54) is 32.1 Å². The van der Waals surface area contributed by atoms with Crippen LogP contribution in [0.1, 0.15) is 32.1 Å². The summed E-state index contributed by atoms with van der Waals surface area (Å²) in [6, 6.07) is 8.34. The van der Waals surface area contributed by atoms with E-state index in [9.17, 15) is 5.11 Å². The fourth-order valence-corrected chi connectivity index (χ4v) is 3.04. The second kappa shape index (κ2) is 6.41. The van der Waals surface area contributed by atoms with Crippen molar-refractivity contribution in [1.82, 2.24) is 0 Å². The molecular formula is C14H20BrNO. The first-order chi connectivity index (χ1) is 8.29. The smallest absolute Gasteiger partial charge is 0.0635 e. The molecule has 1 aliphatic carbocycles. The summed E-state index contributed by atoms with van der Waals surface area (Å²) in [6.07, 6.45) is 6.45. The number of aliphatic hydroxyl groups is 1. The first-order valence-electron chi connectivity index (χ1n) is 6.42. The Balaban J connectivity index is 1.98. The van der Waals surface area contributed by atoms with Gasteiger partial charge in [-0.2, -0.15) is 0 Å². The van der Waals surface area contributed by atoms with Gasteiger partial charge in [0.1, 0.15) is 0 Å². The summed E-state index contributed by atoms with van der Waals surface area (Å²) >= 11 is 3.47. The summed E-state index contributed by atoms with van der Waals surface area (Å²) in [4.78, 5) is 0. The molecule has 2 rings (SSSR count). The summed E-state index contributed by atoms with van der Waals surface area (Å²) in [5.41, 5.74) is 1.09. The van der Waals surface area contributed by atoms with Crippen LogP contribution in [0.15, 0.2) is 28.7 Å². The maximum Gasteiger partial charge on any atom is 0.0635 e. The Hall–Kier alpha value is -0.540. The van der Waals surface area contributed by atoms with E-state index >= 15 is 0 Å². The molecule has 1 aromatic rings. The predicted octanol–water partition coefficient (Wildman–Crippen LogP) is 3.80. The van der Waals surface area contributed by atoms with Gasteiger partial charge in [-0.15, -0.1) is 0 Å². The number of rotatable bonds is 4.